The lowest BCUT2D eigenvalue weighted by molar-refractivity contribution is -0.165. The van der Waals surface area contributed by atoms with Crippen molar-refractivity contribution in [3.63, 3.8) is 0 Å². The zero-order valence-corrected chi connectivity index (χ0v) is 39.7. The van der Waals surface area contributed by atoms with Gasteiger partial charge in [-0.05, 0) is 62.6 Å². The van der Waals surface area contributed by atoms with Crippen molar-refractivity contribution < 1.29 is 63.2 Å². The molecular formula is C47H63N9O13. The van der Waals surface area contributed by atoms with E-state index in [-0.39, 0.29) is 55.6 Å². The van der Waals surface area contributed by atoms with E-state index in [4.69, 9.17) is 4.74 Å². The van der Waals surface area contributed by atoms with Crippen LogP contribution in [0, 0.1) is 11.8 Å². The Bertz CT molecular complexity index is 2320. The highest BCUT2D eigenvalue weighted by Gasteiger charge is 2.45. The predicted octanol–water partition coefficient (Wildman–Crippen LogP) is 0.151. The average Bonchev–Trinajstić information content (AvgIpc) is 3.29. The van der Waals surface area contributed by atoms with Gasteiger partial charge in [0.05, 0.1) is 0 Å². The fraction of sp³-hybridized carbons (Fsp3) is 0.511. The quantitative estimate of drug-likeness (QED) is 0.0828. The van der Waals surface area contributed by atoms with Crippen LogP contribution in [0.15, 0.2) is 54.2 Å². The molecule has 2 aromatic carbocycles. The second-order valence-corrected chi connectivity index (χ2v) is 18.0. The largest absolute Gasteiger partial charge is 0.504 e. The van der Waals surface area contributed by atoms with Gasteiger partial charge < -0.3 is 67.1 Å². The molecule has 22 nitrogen and oxygen atoms in total. The van der Waals surface area contributed by atoms with Crippen molar-refractivity contribution >= 4 is 59.0 Å². The number of allylic oxidation sites excluding steroid dienone is 1. The highest BCUT2D eigenvalue weighted by atomic mass is 16.5. The van der Waals surface area contributed by atoms with Gasteiger partial charge in [0.2, 0.25) is 29.5 Å². The number of urea groups is 1. The number of phenolic OH excluding ortho intramolecular Hbond substituents is 2. The number of aliphatic hydroxyl groups is 1. The molecule has 8 atom stereocenters. The maximum Gasteiger partial charge on any atom is 0.329 e. The van der Waals surface area contributed by atoms with Crippen LogP contribution in [0.2, 0.25) is 0 Å². The topological polar surface area (TPSA) is 314 Å². The number of hydrogen-bond acceptors (Lipinski definition) is 13. The third-order valence-electron chi connectivity index (χ3n) is 12.2. The molecule has 1 unspecified atom stereocenters. The number of benzene rings is 2. The summed E-state index contributed by atoms with van der Waals surface area (Å²) in [6.07, 6.45) is -2.80. The Morgan fingerprint density at radius 3 is 2.20 bits per heavy atom. The summed E-state index contributed by atoms with van der Waals surface area (Å²) in [6.45, 7) is 8.96. The number of likely N-dealkylation sites (N-methyl/N-ethyl adjacent to an activating group) is 1. The van der Waals surface area contributed by atoms with Crippen LogP contribution in [-0.4, -0.2) is 141 Å². The number of amides is 9. The minimum atomic E-state index is -1.76. The molecule has 2 aromatic rings. The van der Waals surface area contributed by atoms with E-state index in [0.29, 0.717) is 5.56 Å². The van der Waals surface area contributed by atoms with Gasteiger partial charge in [0.1, 0.15) is 54.3 Å². The molecule has 0 saturated carbocycles. The van der Waals surface area contributed by atoms with Crippen molar-refractivity contribution in [2.24, 2.45) is 11.8 Å². The number of aromatic hydroxyl groups is 2. The zero-order chi connectivity index (χ0) is 50.9. The molecule has 9 amide bonds. The lowest BCUT2D eigenvalue weighted by Crippen LogP contribution is -2.64. The number of nitrogens with one attached hydrogen (secondary N) is 7. The van der Waals surface area contributed by atoms with Crippen molar-refractivity contribution in [1.29, 1.82) is 0 Å². The monoisotopic (exact) mass is 961 g/mol. The summed E-state index contributed by atoms with van der Waals surface area (Å²) in [7, 11) is 1.26. The Hall–Kier alpha value is -7.23. The Morgan fingerprint density at radius 1 is 0.870 bits per heavy atom. The number of carbonyl (C=O) groups is 9. The summed E-state index contributed by atoms with van der Waals surface area (Å²) in [5, 5.41) is 51.0. The van der Waals surface area contributed by atoms with Gasteiger partial charge in [-0.3, -0.25) is 33.6 Å². The van der Waals surface area contributed by atoms with E-state index >= 15 is 4.79 Å². The summed E-state index contributed by atoms with van der Waals surface area (Å²) in [5.74, 6) is -9.86. The second-order valence-electron chi connectivity index (χ2n) is 18.0. The lowest BCUT2D eigenvalue weighted by atomic mass is 9.95. The molecule has 0 radical (unpaired) electrons. The molecule has 374 valence electrons. The molecule has 3 heterocycles. The summed E-state index contributed by atoms with van der Waals surface area (Å²) in [5.41, 5.74) is 0.0729. The van der Waals surface area contributed by atoms with E-state index in [1.54, 1.807) is 58.0 Å². The number of anilines is 1. The fourth-order valence-electron chi connectivity index (χ4n) is 8.16. The fourth-order valence-corrected chi connectivity index (χ4v) is 8.16. The Labute approximate surface area is 399 Å². The summed E-state index contributed by atoms with van der Waals surface area (Å²) >= 11 is 0. The first-order valence-electron chi connectivity index (χ1n) is 22.9. The van der Waals surface area contributed by atoms with Gasteiger partial charge in [0, 0.05) is 44.1 Å². The van der Waals surface area contributed by atoms with E-state index in [1.165, 1.54) is 27.0 Å². The molecule has 2 saturated heterocycles. The second kappa shape index (κ2) is 23.2. The van der Waals surface area contributed by atoms with Crippen LogP contribution < -0.4 is 37.2 Å². The molecule has 2 fully saturated rings. The number of nitrogens with zero attached hydrogens (tertiary/aromatic N) is 2. The first-order chi connectivity index (χ1) is 32.6. The van der Waals surface area contributed by atoms with Gasteiger partial charge >= 0.3 is 12.0 Å². The van der Waals surface area contributed by atoms with Crippen LogP contribution in [-0.2, 0) is 55.9 Å². The highest BCUT2D eigenvalue weighted by molar-refractivity contribution is 6.03. The molecule has 69 heavy (non-hydrogen) atoms. The van der Waals surface area contributed by atoms with Crippen molar-refractivity contribution in [3.8, 4) is 11.5 Å². The maximum atomic E-state index is 15.2. The Morgan fingerprint density at radius 2 is 1.55 bits per heavy atom. The third-order valence-corrected chi connectivity index (χ3v) is 12.2. The molecular weight excluding hydrogens is 899 g/mol. The summed E-state index contributed by atoms with van der Waals surface area (Å²) in [4.78, 5) is 130. The molecule has 4 bridgehead atoms. The first-order valence-corrected chi connectivity index (χ1v) is 22.9. The molecule has 10 N–H and O–H groups in total. The van der Waals surface area contributed by atoms with E-state index < -0.39 is 132 Å². The van der Waals surface area contributed by atoms with Crippen LogP contribution in [0.3, 0.4) is 0 Å². The van der Waals surface area contributed by atoms with Crippen molar-refractivity contribution in [2.75, 3.05) is 18.9 Å². The SMILES string of the molecule is C/C=C1\NC(=O)[C@H]2NC(=O)[C@H](NC(=O)C(C)C)CCCNC(=O)Nc3cc(O)c(O)cc3CC(C(=O)N[C@@H](C(C)C)C(=O)O[C@H]2C)N(C)C(=O)[C@H](Cc2ccccc2)N2C(=O)[C@H](CC[C@@H]2O)NC1=O. The molecule has 22 heteroatoms. The normalized spacial score (nSPS) is 26.8. The molecule has 0 spiro atoms. The third kappa shape index (κ3) is 13.1. The van der Waals surface area contributed by atoms with Crippen molar-refractivity contribution in [2.45, 2.75) is 129 Å². The van der Waals surface area contributed by atoms with Gasteiger partial charge in [-0.1, -0.05) is 64.1 Å². The Balaban J connectivity index is 1.74. The highest BCUT2D eigenvalue weighted by Crippen LogP contribution is 2.33. The smallest absolute Gasteiger partial charge is 0.329 e. The van der Waals surface area contributed by atoms with Crippen LogP contribution in [0.5, 0.6) is 11.5 Å². The summed E-state index contributed by atoms with van der Waals surface area (Å²) in [6, 6.07) is 0.678. The molecule has 3 aliphatic heterocycles. The van der Waals surface area contributed by atoms with Crippen LogP contribution in [0.25, 0.3) is 0 Å². The lowest BCUT2D eigenvalue weighted by Gasteiger charge is -2.43. The van der Waals surface area contributed by atoms with Crippen LogP contribution in [0.1, 0.15) is 78.4 Å². The van der Waals surface area contributed by atoms with Crippen molar-refractivity contribution in [1.82, 2.24) is 41.7 Å². The number of hydrogen-bond donors (Lipinski definition) is 10. The van der Waals surface area contributed by atoms with E-state index in [1.807, 2.05) is 0 Å². The molecule has 3 aliphatic rings. The standard InChI is InChI=1S/C47H63N9O13/c1-8-28-40(61)51-30-16-17-36(59)56(44(30)65)33(19-26-13-10-9-11-14-26)45(66)55(7)32-20-27-21-34(57)35(58)22-31(27)52-47(68)48-18-12-15-29(50-39(60)24(4)5)41(62)54-38(43(64)49-28)25(6)69-46(67)37(23(2)3)53-42(32)63/h8-11,13-14,21-25,29-30,32-33,36-38,57-59H,12,15-20H2,1-7H3,(H,49,64)(H,50,60)(H,51,61)(H,53,63)(H,54,62)(H2,48,52,68)/b28-8-/t25-,29+,30-,32?,33-,36-,37-,38-/m0/s1. The number of piperidine rings is 1. The minimum absolute atomic E-state index is 0.0172. The Kier molecular flexibility index (Phi) is 17.7. The van der Waals surface area contributed by atoms with Gasteiger partial charge in [0.25, 0.3) is 11.8 Å². The average molecular weight is 962 g/mol. The number of fused-ring (bicyclic) bond motifs is 10. The van der Waals surface area contributed by atoms with Gasteiger partial charge in [-0.2, -0.15) is 0 Å². The molecule has 5 rings (SSSR count). The first kappa shape index (κ1) is 52.7. The van der Waals surface area contributed by atoms with E-state index in [9.17, 15) is 53.7 Å². The number of ether oxygens (including phenoxy) is 1. The maximum absolute atomic E-state index is 15.2. The minimum Gasteiger partial charge on any atom is -0.504 e. The van der Waals surface area contributed by atoms with Gasteiger partial charge in [0.15, 0.2) is 11.5 Å². The van der Waals surface area contributed by atoms with E-state index in [0.717, 1.165) is 21.9 Å². The van der Waals surface area contributed by atoms with E-state index in [2.05, 4.69) is 37.2 Å². The number of rotatable bonds is 5. The van der Waals surface area contributed by atoms with Crippen LogP contribution in [0.4, 0.5) is 10.5 Å². The van der Waals surface area contributed by atoms with Gasteiger partial charge in [-0.15, -0.1) is 0 Å². The van der Waals surface area contributed by atoms with Crippen molar-refractivity contribution in [3.05, 3.63) is 65.4 Å². The molecule has 0 aliphatic carbocycles. The predicted molar refractivity (Wildman–Crippen MR) is 247 cm³/mol. The number of esters is 1. The number of phenols is 2. The van der Waals surface area contributed by atoms with Gasteiger partial charge in [-0.25, -0.2) is 9.59 Å². The number of carbonyl (C=O) groups excluding carboxylic acids is 9. The summed E-state index contributed by atoms with van der Waals surface area (Å²) < 4.78 is 5.84. The molecule has 0 aromatic heterocycles. The zero-order valence-electron chi connectivity index (χ0n) is 39.7. The number of aliphatic hydroxyl groups excluding tert-OH is 1. The van der Waals surface area contributed by atoms with Crippen LogP contribution >= 0.6 is 0 Å².